The number of hydrogen-bond acceptors (Lipinski definition) is 3. The highest BCUT2D eigenvalue weighted by atomic mass is 32.1. The number of hydrogen-bond donors (Lipinski definition) is 0. The maximum absolute atomic E-state index is 5.31. The lowest BCUT2D eigenvalue weighted by molar-refractivity contribution is 1.19. The summed E-state index contributed by atoms with van der Waals surface area (Å²) < 4.78 is 2.51. The van der Waals surface area contributed by atoms with Crippen LogP contribution in [0.5, 0.6) is 0 Å². The summed E-state index contributed by atoms with van der Waals surface area (Å²) in [5, 5.41) is 9.83. The molecule has 0 saturated carbocycles. The molecule has 0 saturated heterocycles. The molecular formula is C46H28N2S. The molecule has 3 heteroatoms. The number of thiophene rings is 1. The third kappa shape index (κ3) is 4.86. The Hall–Kier alpha value is -6.16. The molecule has 0 aliphatic heterocycles. The smallest absolute Gasteiger partial charge is 0.160 e. The van der Waals surface area contributed by atoms with Gasteiger partial charge in [0.1, 0.15) is 0 Å². The summed E-state index contributed by atoms with van der Waals surface area (Å²) in [6.45, 7) is 0. The van der Waals surface area contributed by atoms with Gasteiger partial charge in [-0.2, -0.15) is 0 Å². The molecule has 0 N–H and O–H groups in total. The van der Waals surface area contributed by atoms with E-state index in [9.17, 15) is 0 Å². The van der Waals surface area contributed by atoms with Crippen LogP contribution >= 0.6 is 11.3 Å². The van der Waals surface area contributed by atoms with E-state index in [0.717, 1.165) is 33.9 Å². The molecule has 8 aromatic carbocycles. The van der Waals surface area contributed by atoms with E-state index in [2.05, 4.69) is 170 Å². The van der Waals surface area contributed by atoms with Gasteiger partial charge in [-0.15, -0.1) is 11.3 Å². The summed E-state index contributed by atoms with van der Waals surface area (Å²) in [5.74, 6) is 0.718. The molecule has 2 nitrogen and oxygen atoms in total. The van der Waals surface area contributed by atoms with Crippen molar-refractivity contribution in [3.63, 3.8) is 0 Å². The van der Waals surface area contributed by atoms with E-state index in [1.165, 1.54) is 63.6 Å². The van der Waals surface area contributed by atoms with Gasteiger partial charge in [0, 0.05) is 36.9 Å². The lowest BCUT2D eigenvalue weighted by atomic mass is 9.95. The van der Waals surface area contributed by atoms with Crippen LogP contribution in [-0.2, 0) is 0 Å². The summed E-state index contributed by atoms with van der Waals surface area (Å²) in [6, 6.07) is 61.0. The molecule has 2 heterocycles. The Morgan fingerprint density at radius 1 is 0.347 bits per heavy atom. The molecule has 10 rings (SSSR count). The van der Waals surface area contributed by atoms with Gasteiger partial charge in [-0.25, -0.2) is 9.97 Å². The zero-order valence-electron chi connectivity index (χ0n) is 26.5. The summed E-state index contributed by atoms with van der Waals surface area (Å²) >= 11 is 1.83. The molecule has 0 unspecified atom stereocenters. The summed E-state index contributed by atoms with van der Waals surface area (Å²) in [6.07, 6.45) is 0. The Labute approximate surface area is 287 Å². The Kier molecular flexibility index (Phi) is 6.39. The third-order valence-electron chi connectivity index (χ3n) is 9.61. The number of benzene rings is 8. The van der Waals surface area contributed by atoms with Gasteiger partial charge in [-0.05, 0) is 85.9 Å². The van der Waals surface area contributed by atoms with Crippen molar-refractivity contribution >= 4 is 63.8 Å². The number of fused-ring (bicyclic) bond motifs is 6. The first kappa shape index (κ1) is 27.9. The van der Waals surface area contributed by atoms with E-state index in [0.29, 0.717) is 0 Å². The molecule has 228 valence electrons. The minimum atomic E-state index is 0.718. The standard InChI is InChI=1S/C46H28N2S/c1-4-12-32-23-35(20-17-29(32)9-1)40-26-38(27-44-45(40)39-15-7-8-16-43(39)49-44)46-47-41(36-21-18-30-10-2-5-13-33(30)24-36)28-42(48-46)37-22-19-31-11-3-6-14-34(31)25-37/h1-28H. The van der Waals surface area contributed by atoms with Crippen LogP contribution < -0.4 is 0 Å². The van der Waals surface area contributed by atoms with Crippen LogP contribution in [-0.4, -0.2) is 9.97 Å². The zero-order valence-corrected chi connectivity index (χ0v) is 27.3. The lowest BCUT2D eigenvalue weighted by Crippen LogP contribution is -1.96. The van der Waals surface area contributed by atoms with Crippen LogP contribution in [0.1, 0.15) is 0 Å². The fourth-order valence-corrected chi connectivity index (χ4v) is 8.31. The van der Waals surface area contributed by atoms with Gasteiger partial charge in [0.05, 0.1) is 11.4 Å². The Morgan fingerprint density at radius 3 is 1.43 bits per heavy atom. The first-order valence-corrected chi connectivity index (χ1v) is 17.4. The van der Waals surface area contributed by atoms with E-state index in [1.807, 2.05) is 11.3 Å². The molecule has 0 aliphatic carbocycles. The Balaban J connectivity index is 1.23. The van der Waals surface area contributed by atoms with E-state index in [4.69, 9.17) is 9.97 Å². The average molecular weight is 641 g/mol. The molecular weight excluding hydrogens is 613 g/mol. The second-order valence-electron chi connectivity index (χ2n) is 12.6. The fraction of sp³-hybridized carbons (Fsp3) is 0. The first-order valence-electron chi connectivity index (χ1n) is 16.6. The lowest BCUT2D eigenvalue weighted by Gasteiger charge is -2.13. The molecule has 0 bridgehead atoms. The molecule has 0 aliphatic rings. The molecule has 10 aromatic rings. The number of rotatable bonds is 4. The fourth-order valence-electron chi connectivity index (χ4n) is 7.14. The average Bonchev–Trinajstić information content (AvgIpc) is 3.55. The van der Waals surface area contributed by atoms with Gasteiger partial charge in [0.2, 0.25) is 0 Å². The summed E-state index contributed by atoms with van der Waals surface area (Å²) in [5.41, 5.74) is 7.35. The van der Waals surface area contributed by atoms with Crippen molar-refractivity contribution in [1.82, 2.24) is 9.97 Å². The maximum Gasteiger partial charge on any atom is 0.160 e. The van der Waals surface area contributed by atoms with Gasteiger partial charge < -0.3 is 0 Å². The molecule has 0 radical (unpaired) electrons. The molecule has 0 fully saturated rings. The monoisotopic (exact) mass is 640 g/mol. The molecule has 49 heavy (non-hydrogen) atoms. The quantitative estimate of drug-likeness (QED) is 0.191. The van der Waals surface area contributed by atoms with Crippen molar-refractivity contribution in [3.05, 3.63) is 170 Å². The summed E-state index contributed by atoms with van der Waals surface area (Å²) in [7, 11) is 0. The second kappa shape index (κ2) is 11.2. The second-order valence-corrected chi connectivity index (χ2v) is 13.7. The van der Waals surface area contributed by atoms with Crippen molar-refractivity contribution in [2.45, 2.75) is 0 Å². The molecule has 0 amide bonds. The van der Waals surface area contributed by atoms with E-state index < -0.39 is 0 Å². The van der Waals surface area contributed by atoms with Crippen LogP contribution in [0.4, 0.5) is 0 Å². The Bertz CT molecular complexity index is 2800. The van der Waals surface area contributed by atoms with E-state index in [-0.39, 0.29) is 0 Å². The van der Waals surface area contributed by atoms with Crippen molar-refractivity contribution in [1.29, 1.82) is 0 Å². The van der Waals surface area contributed by atoms with Gasteiger partial charge >= 0.3 is 0 Å². The third-order valence-corrected chi connectivity index (χ3v) is 10.7. The van der Waals surface area contributed by atoms with Crippen LogP contribution in [0, 0.1) is 0 Å². The van der Waals surface area contributed by atoms with Gasteiger partial charge in [-0.3, -0.25) is 0 Å². The highest BCUT2D eigenvalue weighted by Crippen LogP contribution is 2.43. The van der Waals surface area contributed by atoms with Crippen LogP contribution in [0.2, 0.25) is 0 Å². The number of nitrogens with zero attached hydrogens (tertiary/aromatic N) is 2. The molecule has 2 aromatic heterocycles. The normalized spacial score (nSPS) is 11.7. The maximum atomic E-state index is 5.31. The highest BCUT2D eigenvalue weighted by Gasteiger charge is 2.17. The highest BCUT2D eigenvalue weighted by molar-refractivity contribution is 7.26. The molecule has 0 spiro atoms. The largest absolute Gasteiger partial charge is 0.228 e. The van der Waals surface area contributed by atoms with Gasteiger partial charge in [0.25, 0.3) is 0 Å². The van der Waals surface area contributed by atoms with Gasteiger partial charge in [0.15, 0.2) is 5.82 Å². The van der Waals surface area contributed by atoms with Crippen molar-refractivity contribution < 1.29 is 0 Å². The van der Waals surface area contributed by atoms with Crippen molar-refractivity contribution in [2.24, 2.45) is 0 Å². The number of aromatic nitrogens is 2. The summed E-state index contributed by atoms with van der Waals surface area (Å²) in [4.78, 5) is 10.6. The van der Waals surface area contributed by atoms with Crippen molar-refractivity contribution in [3.8, 4) is 45.0 Å². The minimum absolute atomic E-state index is 0.718. The first-order chi connectivity index (χ1) is 24.2. The SMILES string of the molecule is c1ccc2cc(-c3cc(-c4ccc5ccccc5c4)nc(-c4cc(-c5ccc6ccccc6c5)c5c(c4)sc4ccccc45)n3)ccc2c1. The van der Waals surface area contributed by atoms with Crippen LogP contribution in [0.3, 0.4) is 0 Å². The zero-order chi connectivity index (χ0) is 32.3. The van der Waals surface area contributed by atoms with E-state index in [1.54, 1.807) is 0 Å². The van der Waals surface area contributed by atoms with Crippen LogP contribution in [0.25, 0.3) is 97.5 Å². The van der Waals surface area contributed by atoms with Crippen LogP contribution in [0.15, 0.2) is 170 Å². The predicted molar refractivity (Wildman–Crippen MR) is 209 cm³/mol. The predicted octanol–water partition coefficient (Wildman–Crippen LogP) is 13.0. The Morgan fingerprint density at radius 2 is 0.837 bits per heavy atom. The van der Waals surface area contributed by atoms with Crippen molar-refractivity contribution in [2.75, 3.05) is 0 Å². The molecule has 0 atom stereocenters. The van der Waals surface area contributed by atoms with Gasteiger partial charge in [-0.1, -0.05) is 127 Å². The van der Waals surface area contributed by atoms with E-state index >= 15 is 0 Å². The minimum Gasteiger partial charge on any atom is -0.228 e. The topological polar surface area (TPSA) is 25.8 Å².